The Morgan fingerprint density at radius 3 is 1.20 bits per heavy atom. The van der Waals surface area contributed by atoms with Crippen LogP contribution in [0.2, 0.25) is 0 Å². The van der Waals surface area contributed by atoms with Gasteiger partial charge in [0.1, 0.15) is 0 Å². The molecule has 0 aliphatic carbocycles. The van der Waals surface area contributed by atoms with Gasteiger partial charge < -0.3 is 20.6 Å². The van der Waals surface area contributed by atoms with Crippen LogP contribution in [0.25, 0.3) is 10.6 Å². The van der Waals surface area contributed by atoms with Crippen molar-refractivity contribution in [1.82, 2.24) is 9.97 Å². The standard InChI is InChI=1S/2C12H11N2.2C2H6N.Ti/c2*1-2-5-11(6-3-1)9-13-10-12-7-4-8-14-12;2*1-3-2;/h2*1-8,10H,9H2;2*1-2H3;/q4*-1;+4. The van der Waals surface area contributed by atoms with E-state index >= 15 is 0 Å². The Morgan fingerprint density at radius 1 is 0.571 bits per heavy atom. The van der Waals surface area contributed by atoms with Gasteiger partial charge in [0.05, 0.1) is 13.1 Å². The van der Waals surface area contributed by atoms with Gasteiger partial charge in [-0.15, -0.1) is 11.4 Å². The molecule has 6 nitrogen and oxygen atoms in total. The Morgan fingerprint density at radius 2 is 0.914 bits per heavy atom. The van der Waals surface area contributed by atoms with E-state index in [2.05, 4.69) is 54.9 Å². The molecule has 0 bridgehead atoms. The molecular formula is C28H34N6Ti. The third-order valence-corrected chi connectivity index (χ3v) is 3.83. The molecule has 0 aliphatic rings. The van der Waals surface area contributed by atoms with E-state index in [1.165, 1.54) is 11.1 Å². The van der Waals surface area contributed by atoms with Gasteiger partial charge in [0.15, 0.2) is 0 Å². The van der Waals surface area contributed by atoms with Crippen LogP contribution in [0.5, 0.6) is 0 Å². The minimum Gasteiger partial charge on any atom is -0.668 e. The van der Waals surface area contributed by atoms with Crippen LogP contribution in [0.4, 0.5) is 0 Å². The molecule has 35 heavy (non-hydrogen) atoms. The van der Waals surface area contributed by atoms with Crippen molar-refractivity contribution in [3.05, 3.63) is 130 Å². The zero-order valence-electron chi connectivity index (χ0n) is 21.0. The first-order valence-corrected chi connectivity index (χ1v) is 10.9. The number of rotatable bonds is 6. The van der Waals surface area contributed by atoms with E-state index < -0.39 is 0 Å². The summed E-state index contributed by atoms with van der Waals surface area (Å²) in [5.41, 5.74) is 4.27. The number of aliphatic imine (C=N–C) groups is 2. The number of nitrogens with zero attached hydrogens (tertiary/aromatic N) is 6. The van der Waals surface area contributed by atoms with Gasteiger partial charge in [0.25, 0.3) is 0 Å². The van der Waals surface area contributed by atoms with Gasteiger partial charge in [-0.25, -0.2) is 0 Å². The Kier molecular flexibility index (Phi) is 20.8. The molecule has 0 saturated carbocycles. The second-order valence-electron chi connectivity index (χ2n) is 6.93. The summed E-state index contributed by atoms with van der Waals surface area (Å²) in [6, 6.07) is 28.0. The van der Waals surface area contributed by atoms with Crippen molar-refractivity contribution in [3.8, 4) is 0 Å². The van der Waals surface area contributed by atoms with Crippen LogP contribution in [0.1, 0.15) is 22.5 Å². The molecule has 2 aromatic carbocycles. The van der Waals surface area contributed by atoms with Gasteiger partial charge in [-0.05, 0) is 11.1 Å². The molecular weight excluding hydrogens is 468 g/mol. The first-order valence-electron chi connectivity index (χ1n) is 10.9. The van der Waals surface area contributed by atoms with Crippen LogP contribution in [0.3, 0.4) is 0 Å². The monoisotopic (exact) mass is 502 g/mol. The van der Waals surface area contributed by atoms with E-state index in [0.717, 1.165) is 11.4 Å². The maximum atomic E-state index is 4.30. The summed E-state index contributed by atoms with van der Waals surface area (Å²) in [6.45, 7) is 1.43. The molecule has 4 rings (SSSR count). The van der Waals surface area contributed by atoms with E-state index in [-0.39, 0.29) is 21.7 Å². The van der Waals surface area contributed by atoms with E-state index in [1.54, 1.807) is 53.0 Å². The summed E-state index contributed by atoms with van der Waals surface area (Å²) in [5, 5.41) is 7.00. The largest absolute Gasteiger partial charge is 4.00 e. The zero-order valence-corrected chi connectivity index (χ0v) is 22.6. The van der Waals surface area contributed by atoms with Gasteiger partial charge in [0.2, 0.25) is 0 Å². The molecule has 0 saturated heterocycles. The van der Waals surface area contributed by atoms with Gasteiger partial charge in [-0.2, -0.15) is 40.6 Å². The summed E-state index contributed by atoms with van der Waals surface area (Å²) in [4.78, 5) is 16.8. The molecule has 0 atom stereocenters. The summed E-state index contributed by atoms with van der Waals surface area (Å²) >= 11 is 0. The van der Waals surface area contributed by atoms with E-state index in [9.17, 15) is 0 Å². The van der Waals surface area contributed by atoms with Crippen molar-refractivity contribution >= 4 is 12.4 Å². The van der Waals surface area contributed by atoms with Crippen LogP contribution in [0, 0.1) is 0 Å². The predicted octanol–water partition coefficient (Wildman–Crippen LogP) is 5.76. The fourth-order valence-corrected chi connectivity index (χ4v) is 2.44. The topological polar surface area (TPSA) is 81.1 Å². The average Bonchev–Trinajstić information content (AvgIpc) is 3.57. The molecule has 0 aliphatic heterocycles. The minimum atomic E-state index is 0. The molecule has 4 aromatic rings. The van der Waals surface area contributed by atoms with E-state index in [0.29, 0.717) is 13.1 Å². The molecule has 180 valence electrons. The van der Waals surface area contributed by atoms with Crippen LogP contribution < -0.4 is 9.97 Å². The number of hydrogen-bond donors (Lipinski definition) is 0. The van der Waals surface area contributed by atoms with Crippen molar-refractivity contribution < 1.29 is 21.7 Å². The van der Waals surface area contributed by atoms with Gasteiger partial charge in [-0.1, -0.05) is 84.9 Å². The first kappa shape index (κ1) is 32.0. The maximum Gasteiger partial charge on any atom is 4.00 e. The minimum absolute atomic E-state index is 0. The Bertz CT molecular complexity index is 899. The second kappa shape index (κ2) is 22.8. The molecule has 0 fully saturated rings. The molecule has 0 radical (unpaired) electrons. The number of hydrogen-bond acceptors (Lipinski definition) is 2. The van der Waals surface area contributed by atoms with Crippen molar-refractivity contribution in [3.63, 3.8) is 0 Å². The Labute approximate surface area is 225 Å². The van der Waals surface area contributed by atoms with Crippen LogP contribution in [-0.2, 0) is 34.8 Å². The smallest absolute Gasteiger partial charge is 0.668 e. The molecule has 0 spiro atoms. The summed E-state index contributed by atoms with van der Waals surface area (Å²) < 4.78 is 0. The summed E-state index contributed by atoms with van der Waals surface area (Å²) in [5.74, 6) is 0. The van der Waals surface area contributed by atoms with Gasteiger partial charge in [0, 0.05) is 12.4 Å². The van der Waals surface area contributed by atoms with Crippen LogP contribution >= 0.6 is 0 Å². The fraction of sp³-hybridized carbons (Fsp3) is 0.214. The normalized spacial score (nSPS) is 9.71. The molecule has 0 unspecified atom stereocenters. The molecule has 7 heteroatoms. The van der Waals surface area contributed by atoms with Crippen molar-refractivity contribution in [2.75, 3.05) is 28.2 Å². The van der Waals surface area contributed by atoms with Gasteiger partial charge >= 0.3 is 21.7 Å². The zero-order chi connectivity index (χ0) is 24.7. The van der Waals surface area contributed by atoms with E-state index in [4.69, 9.17) is 0 Å². The quantitative estimate of drug-likeness (QED) is 0.248. The second-order valence-corrected chi connectivity index (χ2v) is 6.93. The number of benzene rings is 2. The predicted molar refractivity (Wildman–Crippen MR) is 145 cm³/mol. The molecule has 0 N–H and O–H groups in total. The fourth-order valence-electron chi connectivity index (χ4n) is 2.44. The van der Waals surface area contributed by atoms with Crippen molar-refractivity contribution in [1.29, 1.82) is 0 Å². The van der Waals surface area contributed by atoms with Gasteiger partial charge in [-0.3, -0.25) is 9.98 Å². The Hall–Kier alpha value is -3.03. The van der Waals surface area contributed by atoms with Crippen LogP contribution in [0.15, 0.2) is 107 Å². The first-order chi connectivity index (χ1) is 16.7. The van der Waals surface area contributed by atoms with Crippen molar-refractivity contribution in [2.45, 2.75) is 13.1 Å². The average molecular weight is 502 g/mol. The SMILES string of the molecule is C(=NCc1ccccc1)c1ccc[n-]1.C(=NCc1ccccc1)c1ccc[n-]1.C[N-]C.C[N-]C.[Ti+4]. The van der Waals surface area contributed by atoms with Crippen LogP contribution in [-0.4, -0.2) is 40.6 Å². The third-order valence-electron chi connectivity index (χ3n) is 3.83. The van der Waals surface area contributed by atoms with E-state index in [1.807, 2.05) is 60.7 Å². The number of aromatic nitrogens is 2. The summed E-state index contributed by atoms with van der Waals surface area (Å²) in [7, 11) is 7.00. The molecule has 0 amide bonds. The Balaban J connectivity index is 0.000000528. The third kappa shape index (κ3) is 17.1. The molecule has 2 heterocycles. The maximum absolute atomic E-state index is 4.30. The van der Waals surface area contributed by atoms with Crippen molar-refractivity contribution in [2.24, 2.45) is 9.98 Å². The molecule has 2 aromatic heterocycles. The summed E-state index contributed by atoms with van der Waals surface area (Å²) in [6.07, 6.45) is 7.13.